The predicted octanol–water partition coefficient (Wildman–Crippen LogP) is 4.55. The summed E-state index contributed by atoms with van der Waals surface area (Å²) in [5, 5.41) is 39.8. The second-order valence-corrected chi connectivity index (χ2v) is 17.9. The van der Waals surface area contributed by atoms with Gasteiger partial charge in [0.25, 0.3) is 0 Å². The lowest BCUT2D eigenvalue weighted by atomic mass is 9.45. The van der Waals surface area contributed by atoms with E-state index < -0.39 is 112 Å². The number of ether oxygens (including phenoxy) is 6. The number of methoxy groups -OCH3 is 2. The maximum absolute atomic E-state index is 15.5. The Labute approximate surface area is 350 Å². The molecular formula is C45H59NO14. The van der Waals surface area contributed by atoms with E-state index in [0.29, 0.717) is 11.1 Å². The predicted molar refractivity (Wildman–Crippen MR) is 215 cm³/mol. The average Bonchev–Trinajstić information content (AvgIpc) is 3.17. The fourth-order valence-corrected chi connectivity index (χ4v) is 9.74. The van der Waals surface area contributed by atoms with Crippen LogP contribution in [0.2, 0.25) is 0 Å². The molecule has 3 aliphatic carbocycles. The lowest BCUT2D eigenvalue weighted by Crippen LogP contribution is -2.77. The van der Waals surface area contributed by atoms with Crippen LogP contribution < -0.4 is 5.32 Å². The quantitative estimate of drug-likeness (QED) is 0.147. The van der Waals surface area contributed by atoms with E-state index in [1.54, 1.807) is 97.0 Å². The zero-order chi connectivity index (χ0) is 44.7. The number of aliphatic hydroxyl groups excluding tert-OH is 2. The number of Topliss-reactive ketones (excluding diaryl/α,β-unsaturated/α-hetero) is 1. The molecule has 2 saturated carbocycles. The zero-order valence-electron chi connectivity index (χ0n) is 36.1. The maximum atomic E-state index is 15.5. The number of carbonyl (C=O) groups is 5. The summed E-state index contributed by atoms with van der Waals surface area (Å²) in [4.78, 5) is 69.9. The Bertz CT molecular complexity index is 1980. The van der Waals surface area contributed by atoms with E-state index in [1.165, 1.54) is 33.3 Å². The van der Waals surface area contributed by atoms with Gasteiger partial charge in [0.2, 0.25) is 0 Å². The molecule has 0 aliphatic heterocycles. The number of fused-ring (bicyclic) bond motifs is 3. The van der Waals surface area contributed by atoms with Gasteiger partial charge in [-0.2, -0.15) is 0 Å². The molecular weight excluding hydrogens is 778 g/mol. The number of aliphatic hydroxyl groups is 3. The van der Waals surface area contributed by atoms with Crippen molar-refractivity contribution >= 4 is 29.8 Å². The molecule has 3 aliphatic rings. The summed E-state index contributed by atoms with van der Waals surface area (Å²) in [6.07, 6.45) is -10.8. The van der Waals surface area contributed by atoms with Crippen molar-refractivity contribution in [1.29, 1.82) is 0 Å². The largest absolute Gasteiger partial charge is 0.456 e. The third kappa shape index (κ3) is 8.22. The lowest BCUT2D eigenvalue weighted by Gasteiger charge is -2.64. The fraction of sp³-hybridized carbons (Fsp3) is 0.578. The fourth-order valence-electron chi connectivity index (χ4n) is 9.74. The van der Waals surface area contributed by atoms with Crippen LogP contribution in [0.5, 0.6) is 0 Å². The Kier molecular flexibility index (Phi) is 13.1. The summed E-state index contributed by atoms with van der Waals surface area (Å²) in [7, 11) is 2.67. The highest BCUT2D eigenvalue weighted by Gasteiger charge is 2.75. The summed E-state index contributed by atoms with van der Waals surface area (Å²) in [5.74, 6) is -5.05. The smallest absolute Gasteiger partial charge is 0.408 e. The summed E-state index contributed by atoms with van der Waals surface area (Å²) >= 11 is 0. The van der Waals surface area contributed by atoms with Crippen LogP contribution in [0.15, 0.2) is 71.8 Å². The molecule has 2 bridgehead atoms. The number of esters is 3. The summed E-state index contributed by atoms with van der Waals surface area (Å²) in [6.45, 7) is 14.0. The van der Waals surface area contributed by atoms with E-state index in [4.69, 9.17) is 28.4 Å². The number of benzene rings is 2. The van der Waals surface area contributed by atoms with Gasteiger partial charge in [-0.1, -0.05) is 62.4 Å². The molecule has 2 aromatic carbocycles. The molecule has 328 valence electrons. The van der Waals surface area contributed by atoms with Crippen molar-refractivity contribution in [3.8, 4) is 0 Å². The van der Waals surface area contributed by atoms with Gasteiger partial charge in [0, 0.05) is 39.4 Å². The van der Waals surface area contributed by atoms with E-state index in [-0.39, 0.29) is 17.6 Å². The van der Waals surface area contributed by atoms with Gasteiger partial charge in [-0.3, -0.25) is 9.59 Å². The van der Waals surface area contributed by atoms with Crippen molar-refractivity contribution in [2.75, 3.05) is 14.2 Å². The Morgan fingerprint density at radius 2 is 1.48 bits per heavy atom. The van der Waals surface area contributed by atoms with Crippen molar-refractivity contribution in [2.24, 2.45) is 16.7 Å². The van der Waals surface area contributed by atoms with Crippen LogP contribution in [-0.2, 0) is 42.8 Å². The number of alkyl carbamates (subject to hydrolysis) is 1. The second kappa shape index (κ2) is 17.0. The second-order valence-electron chi connectivity index (χ2n) is 17.9. The van der Waals surface area contributed by atoms with Crippen LogP contribution in [0, 0.1) is 16.7 Å². The number of amides is 1. The Morgan fingerprint density at radius 1 is 0.900 bits per heavy atom. The van der Waals surface area contributed by atoms with E-state index in [0.717, 1.165) is 6.92 Å². The minimum Gasteiger partial charge on any atom is -0.456 e. The van der Waals surface area contributed by atoms with Crippen molar-refractivity contribution in [2.45, 2.75) is 135 Å². The highest BCUT2D eigenvalue weighted by atomic mass is 16.6. The summed E-state index contributed by atoms with van der Waals surface area (Å²) < 4.78 is 35.8. The van der Waals surface area contributed by atoms with Crippen molar-refractivity contribution in [1.82, 2.24) is 5.32 Å². The van der Waals surface area contributed by atoms with Gasteiger partial charge in [0.1, 0.15) is 35.1 Å². The zero-order valence-corrected chi connectivity index (χ0v) is 36.1. The molecule has 0 spiro atoms. The molecule has 0 unspecified atom stereocenters. The van der Waals surface area contributed by atoms with Gasteiger partial charge in [0.05, 0.1) is 35.1 Å². The van der Waals surface area contributed by atoms with Crippen LogP contribution in [0.1, 0.15) is 97.1 Å². The van der Waals surface area contributed by atoms with Crippen LogP contribution in [-0.4, -0.2) is 113 Å². The number of carbonyl (C=O) groups excluding carboxylic acids is 5. The van der Waals surface area contributed by atoms with Crippen molar-refractivity contribution in [3.63, 3.8) is 0 Å². The molecule has 2 aromatic rings. The van der Waals surface area contributed by atoms with E-state index in [9.17, 15) is 34.5 Å². The van der Waals surface area contributed by atoms with Crippen LogP contribution in [0.4, 0.5) is 4.79 Å². The van der Waals surface area contributed by atoms with Gasteiger partial charge in [-0.05, 0) is 70.4 Å². The molecule has 0 aromatic heterocycles. The maximum Gasteiger partial charge on any atom is 0.408 e. The number of rotatable bonds is 10. The van der Waals surface area contributed by atoms with Crippen LogP contribution in [0.3, 0.4) is 0 Å². The molecule has 60 heavy (non-hydrogen) atoms. The van der Waals surface area contributed by atoms with Gasteiger partial charge in [-0.15, -0.1) is 0 Å². The van der Waals surface area contributed by atoms with E-state index >= 15 is 4.79 Å². The SMILES string of the molecule is CO[C@H]1C(=O)[C@]2(C)[C@@H](OC)C[C@@H](O)[C@](C)(OC(C)=O)[C@H]2[C@H](OC(=O)c2ccccc2)[C@]2(O)C[C@H](OC(=O)[C@H](O)[C@@H](NC(=O)OC(C)(C)C)c3ccccc3)C(C)=C1C2(C)C. The molecule has 11 atom stereocenters. The first kappa shape index (κ1) is 46.4. The number of nitrogens with one attached hydrogen (secondary N) is 1. The Hall–Kier alpha value is -4.67. The summed E-state index contributed by atoms with van der Waals surface area (Å²) in [6, 6.07) is 14.8. The minimum atomic E-state index is -2.31. The van der Waals surface area contributed by atoms with Gasteiger partial charge < -0.3 is 49.1 Å². The first-order valence-electron chi connectivity index (χ1n) is 20.0. The molecule has 0 radical (unpaired) electrons. The first-order chi connectivity index (χ1) is 27.9. The molecule has 5 rings (SSSR count). The highest BCUT2D eigenvalue weighted by molar-refractivity contribution is 5.94. The third-order valence-electron chi connectivity index (χ3n) is 12.8. The summed E-state index contributed by atoms with van der Waals surface area (Å²) in [5.41, 5.74) is -7.58. The topological polar surface area (TPSA) is 213 Å². The van der Waals surface area contributed by atoms with Crippen molar-refractivity contribution in [3.05, 3.63) is 82.9 Å². The van der Waals surface area contributed by atoms with Gasteiger partial charge in [0.15, 0.2) is 11.9 Å². The normalized spacial score (nSPS) is 32.3. The van der Waals surface area contributed by atoms with Crippen molar-refractivity contribution < 1.29 is 67.7 Å². The molecule has 0 heterocycles. The number of ketones is 1. The monoisotopic (exact) mass is 837 g/mol. The first-order valence-corrected chi connectivity index (χ1v) is 20.0. The molecule has 15 heteroatoms. The average molecular weight is 838 g/mol. The standard InChI is InChI=1S/C45H59NO14/c1-24-28(57-39(52)33(49)32(26-18-14-12-15-19-26)46-40(53)60-41(3,4)5)23-45(54)37(58-38(51)27-20-16-13-17-21-27)35-43(8,36(50)34(56-11)31(24)42(45,6)7)30(55-10)22-29(48)44(35,9)59-25(2)47/h12-21,28-30,32-35,37,48-49,54H,22-23H2,1-11H3,(H,46,53)/t28-,29+,30-,32-,33+,34+,35-,37-,43+,44-,45+/m0/s1. The third-order valence-corrected chi connectivity index (χ3v) is 12.8. The molecule has 4 N–H and O–H groups in total. The number of hydrogen-bond acceptors (Lipinski definition) is 14. The highest BCUT2D eigenvalue weighted by Crippen LogP contribution is 2.63. The molecule has 1 amide bonds. The Morgan fingerprint density at radius 3 is 2.02 bits per heavy atom. The van der Waals surface area contributed by atoms with Gasteiger partial charge in [-0.25, -0.2) is 14.4 Å². The van der Waals surface area contributed by atoms with Crippen LogP contribution in [0.25, 0.3) is 0 Å². The van der Waals surface area contributed by atoms with E-state index in [1.807, 2.05) is 0 Å². The molecule has 2 fully saturated rings. The van der Waals surface area contributed by atoms with E-state index in [2.05, 4.69) is 5.32 Å². The lowest BCUT2D eigenvalue weighted by molar-refractivity contribution is -0.281. The Balaban J connectivity index is 1.72. The minimum absolute atomic E-state index is 0.0934. The van der Waals surface area contributed by atoms with Gasteiger partial charge >= 0.3 is 24.0 Å². The molecule has 15 nitrogen and oxygen atoms in total. The van der Waals surface area contributed by atoms with Crippen LogP contribution >= 0.6 is 0 Å². The molecule has 0 saturated heterocycles. The number of hydrogen-bond donors (Lipinski definition) is 4.